The smallest absolute Gasteiger partial charge is 0.336 e. The number of imidazole rings is 1. The molecular weight excluding hydrogens is 384 g/mol. The zero-order chi connectivity index (χ0) is 19.4. The van der Waals surface area contributed by atoms with E-state index in [0.29, 0.717) is 17.1 Å². The van der Waals surface area contributed by atoms with E-state index in [1.807, 2.05) is 52.9 Å². The van der Waals surface area contributed by atoms with Crippen LogP contribution in [0.3, 0.4) is 0 Å². The first kappa shape index (κ1) is 16.4. The molecule has 6 nitrogen and oxygen atoms in total. The van der Waals surface area contributed by atoms with Crippen molar-refractivity contribution in [3.05, 3.63) is 82.7 Å². The summed E-state index contributed by atoms with van der Waals surface area (Å²) in [6.45, 7) is 0. The summed E-state index contributed by atoms with van der Waals surface area (Å²) in [6.07, 6.45) is 0. The molecule has 3 aromatic carbocycles. The van der Waals surface area contributed by atoms with Crippen LogP contribution >= 0.6 is 11.8 Å². The monoisotopic (exact) mass is 398 g/mol. The molecule has 140 valence electrons. The van der Waals surface area contributed by atoms with Gasteiger partial charge in [0.2, 0.25) is 5.78 Å². The maximum absolute atomic E-state index is 12.1. The van der Waals surface area contributed by atoms with Crippen LogP contribution in [0.5, 0.6) is 0 Å². The summed E-state index contributed by atoms with van der Waals surface area (Å²) in [5, 5.41) is 11.4. The van der Waals surface area contributed by atoms with Gasteiger partial charge in [-0.05, 0) is 34.5 Å². The second kappa shape index (κ2) is 6.22. The maximum atomic E-state index is 12.1. The fraction of sp³-hybridized carbons (Fsp3) is 0.0455. The highest BCUT2D eigenvalue weighted by atomic mass is 32.2. The first-order valence-electron chi connectivity index (χ1n) is 9.17. The van der Waals surface area contributed by atoms with Gasteiger partial charge in [-0.25, -0.2) is 14.9 Å². The van der Waals surface area contributed by atoms with Crippen molar-refractivity contribution in [3.8, 4) is 0 Å². The van der Waals surface area contributed by atoms with Crippen molar-refractivity contribution in [2.24, 2.45) is 0 Å². The van der Waals surface area contributed by atoms with Crippen LogP contribution < -0.4 is 5.63 Å². The van der Waals surface area contributed by atoms with E-state index in [1.54, 1.807) is 17.8 Å². The van der Waals surface area contributed by atoms with Crippen molar-refractivity contribution in [2.75, 3.05) is 0 Å². The van der Waals surface area contributed by atoms with E-state index in [0.717, 1.165) is 37.9 Å². The minimum atomic E-state index is -0.344. The Labute approximate surface area is 168 Å². The van der Waals surface area contributed by atoms with Crippen LogP contribution in [0.1, 0.15) is 5.56 Å². The average molecular weight is 398 g/mol. The lowest BCUT2D eigenvalue weighted by atomic mass is 10.0. The van der Waals surface area contributed by atoms with E-state index in [1.165, 1.54) is 0 Å². The molecule has 0 aliphatic carbocycles. The predicted molar refractivity (Wildman–Crippen MR) is 114 cm³/mol. The lowest BCUT2D eigenvalue weighted by Gasteiger charge is -2.08. The molecule has 0 spiro atoms. The van der Waals surface area contributed by atoms with Crippen molar-refractivity contribution in [1.82, 2.24) is 19.6 Å². The third-order valence-electron chi connectivity index (χ3n) is 5.07. The number of nitrogens with one attached hydrogen (secondary N) is 1. The van der Waals surface area contributed by atoms with Gasteiger partial charge in [0.05, 0.1) is 11.0 Å². The van der Waals surface area contributed by atoms with E-state index in [9.17, 15) is 4.79 Å². The summed E-state index contributed by atoms with van der Waals surface area (Å²) in [7, 11) is 0. The fourth-order valence-electron chi connectivity index (χ4n) is 3.82. The Morgan fingerprint density at radius 2 is 1.90 bits per heavy atom. The molecule has 0 radical (unpaired) electrons. The predicted octanol–water partition coefficient (Wildman–Crippen LogP) is 4.76. The first-order chi connectivity index (χ1) is 14.3. The third kappa shape index (κ3) is 2.55. The van der Waals surface area contributed by atoms with Crippen molar-refractivity contribution < 1.29 is 4.42 Å². The third-order valence-corrected chi connectivity index (χ3v) is 6.06. The Morgan fingerprint density at radius 3 is 2.86 bits per heavy atom. The molecule has 7 heteroatoms. The molecule has 0 saturated carbocycles. The van der Waals surface area contributed by atoms with Gasteiger partial charge in [-0.1, -0.05) is 54.2 Å². The normalized spacial score (nSPS) is 11.9. The van der Waals surface area contributed by atoms with Gasteiger partial charge in [0.1, 0.15) is 5.58 Å². The van der Waals surface area contributed by atoms with Gasteiger partial charge in [-0.2, -0.15) is 0 Å². The van der Waals surface area contributed by atoms with Crippen molar-refractivity contribution in [2.45, 2.75) is 10.9 Å². The second-order valence-corrected chi connectivity index (χ2v) is 7.75. The topological polar surface area (TPSA) is 76.2 Å². The molecule has 6 aromatic rings. The number of thioether (sulfide) groups is 1. The number of H-pyrrole nitrogens is 1. The number of benzene rings is 3. The summed E-state index contributed by atoms with van der Waals surface area (Å²) < 4.78 is 7.47. The minimum absolute atomic E-state index is 0.344. The van der Waals surface area contributed by atoms with Gasteiger partial charge in [0.25, 0.3) is 0 Å². The van der Waals surface area contributed by atoms with Crippen LogP contribution in [0, 0.1) is 0 Å². The summed E-state index contributed by atoms with van der Waals surface area (Å²) >= 11 is 1.56. The Kier molecular flexibility index (Phi) is 3.51. The molecule has 3 aromatic heterocycles. The largest absolute Gasteiger partial charge is 0.423 e. The summed E-state index contributed by atoms with van der Waals surface area (Å²) in [6, 6.07) is 21.5. The fourth-order valence-corrected chi connectivity index (χ4v) is 4.75. The molecule has 3 heterocycles. The first-order valence-corrected chi connectivity index (χ1v) is 10.2. The van der Waals surface area contributed by atoms with E-state index < -0.39 is 0 Å². The molecule has 29 heavy (non-hydrogen) atoms. The second-order valence-electron chi connectivity index (χ2n) is 6.80. The molecule has 0 saturated heterocycles. The Morgan fingerprint density at radius 1 is 1.03 bits per heavy atom. The molecule has 1 N–H and O–H groups in total. The van der Waals surface area contributed by atoms with Crippen molar-refractivity contribution in [1.29, 1.82) is 0 Å². The van der Waals surface area contributed by atoms with Crippen molar-refractivity contribution in [3.63, 3.8) is 0 Å². The number of aromatic amines is 1. The summed E-state index contributed by atoms with van der Waals surface area (Å²) in [4.78, 5) is 16.7. The van der Waals surface area contributed by atoms with E-state index >= 15 is 0 Å². The quantitative estimate of drug-likeness (QED) is 0.264. The van der Waals surface area contributed by atoms with Gasteiger partial charge in [0, 0.05) is 17.2 Å². The summed E-state index contributed by atoms with van der Waals surface area (Å²) in [5.74, 6) is 1.29. The number of aromatic nitrogens is 4. The SMILES string of the molecule is O=c1cc(CSc2n[nH]c3nc4ccccc4n23)c2c(ccc3ccccc32)o1. The molecule has 0 atom stereocenters. The van der Waals surface area contributed by atoms with E-state index in [-0.39, 0.29) is 5.63 Å². The van der Waals surface area contributed by atoms with Gasteiger partial charge < -0.3 is 4.42 Å². The van der Waals surface area contributed by atoms with Gasteiger partial charge in [-0.15, -0.1) is 5.10 Å². The Hall–Kier alpha value is -3.58. The number of hydrogen-bond acceptors (Lipinski definition) is 5. The molecule has 0 unspecified atom stereocenters. The highest BCUT2D eigenvalue weighted by molar-refractivity contribution is 7.98. The highest BCUT2D eigenvalue weighted by Gasteiger charge is 2.14. The Balaban J connectivity index is 1.49. The van der Waals surface area contributed by atoms with Crippen LogP contribution in [-0.4, -0.2) is 19.6 Å². The van der Waals surface area contributed by atoms with E-state index in [4.69, 9.17) is 4.42 Å². The zero-order valence-electron chi connectivity index (χ0n) is 15.1. The molecule has 6 rings (SSSR count). The number of rotatable bonds is 3. The lowest BCUT2D eigenvalue weighted by molar-refractivity contribution is 0.560. The minimum Gasteiger partial charge on any atom is -0.423 e. The number of hydrogen-bond donors (Lipinski definition) is 1. The Bertz CT molecular complexity index is 1600. The van der Waals surface area contributed by atoms with Gasteiger partial charge in [0.15, 0.2) is 5.16 Å². The van der Waals surface area contributed by atoms with Crippen LogP contribution in [0.2, 0.25) is 0 Å². The van der Waals surface area contributed by atoms with Gasteiger partial charge >= 0.3 is 5.63 Å². The van der Waals surface area contributed by atoms with Crippen molar-refractivity contribution >= 4 is 50.3 Å². The van der Waals surface area contributed by atoms with Crippen LogP contribution in [0.4, 0.5) is 0 Å². The highest BCUT2D eigenvalue weighted by Crippen LogP contribution is 2.32. The average Bonchev–Trinajstić information content (AvgIpc) is 3.31. The maximum Gasteiger partial charge on any atom is 0.336 e. The van der Waals surface area contributed by atoms with Crippen LogP contribution in [0.25, 0.3) is 38.6 Å². The molecule has 0 fully saturated rings. The van der Waals surface area contributed by atoms with E-state index in [2.05, 4.69) is 27.3 Å². The van der Waals surface area contributed by atoms with Crippen LogP contribution in [-0.2, 0) is 5.75 Å². The number of nitrogens with zero attached hydrogens (tertiary/aromatic N) is 3. The number of fused-ring (bicyclic) bond motifs is 6. The zero-order valence-corrected chi connectivity index (χ0v) is 15.9. The van der Waals surface area contributed by atoms with Gasteiger partial charge in [-0.3, -0.25) is 4.40 Å². The lowest BCUT2D eigenvalue weighted by Crippen LogP contribution is -2.00. The molecule has 0 bridgehead atoms. The number of para-hydroxylation sites is 2. The molecule has 0 aliphatic heterocycles. The molecule has 0 amide bonds. The standard InChI is InChI=1S/C22H14N4O2S/c27-19-11-14(20-15-6-2-1-5-13(15)9-10-18(20)28-19)12-29-22-25-24-21-23-16-7-3-4-8-17(16)26(21)22/h1-11H,12H2,(H,23,24). The van der Waals surface area contributed by atoms with Crippen LogP contribution in [0.15, 0.2) is 81.1 Å². The molecular formula is C22H14N4O2S. The molecule has 0 aliphatic rings. The summed E-state index contributed by atoms with van der Waals surface area (Å²) in [5.41, 5.74) is 3.11.